The summed E-state index contributed by atoms with van der Waals surface area (Å²) in [5.41, 5.74) is 0.597. The average molecular weight is 458 g/mol. The minimum Gasteiger partial charge on any atom is -0.508 e. The fourth-order valence-corrected chi connectivity index (χ4v) is 3.84. The second-order valence-electron chi connectivity index (χ2n) is 6.68. The van der Waals surface area contributed by atoms with Gasteiger partial charge in [-0.05, 0) is 34.1 Å². The summed E-state index contributed by atoms with van der Waals surface area (Å²) in [4.78, 5) is 29.8. The molecule has 1 aromatic carbocycles. The van der Waals surface area contributed by atoms with Crippen LogP contribution in [0.25, 0.3) is 0 Å². The van der Waals surface area contributed by atoms with Crippen molar-refractivity contribution in [3.8, 4) is 5.75 Å². The average Bonchev–Trinajstić information content (AvgIpc) is 2.62. The van der Waals surface area contributed by atoms with E-state index in [4.69, 9.17) is 11.6 Å². The maximum Gasteiger partial charge on any atom is 0.317 e. The zero-order valence-corrected chi connectivity index (χ0v) is 17.2. The van der Waals surface area contributed by atoms with Gasteiger partial charge in [0.1, 0.15) is 5.75 Å². The first kappa shape index (κ1) is 20.0. The maximum absolute atomic E-state index is 12.4. The highest BCUT2D eigenvalue weighted by Crippen LogP contribution is 2.30. The van der Waals surface area contributed by atoms with Crippen LogP contribution in [0.2, 0.25) is 5.02 Å². The number of carbonyl (C=O) groups excluding carboxylic acids is 2. The highest BCUT2D eigenvalue weighted by Gasteiger charge is 2.35. The smallest absolute Gasteiger partial charge is 0.317 e. The molecule has 0 bridgehead atoms. The van der Waals surface area contributed by atoms with Gasteiger partial charge in [0.15, 0.2) is 0 Å². The number of nitrogens with one attached hydrogen (secondary N) is 1. The zero-order chi connectivity index (χ0) is 19.6. The number of hydrogen-bond donors (Lipinski definition) is 2. The van der Waals surface area contributed by atoms with Crippen molar-refractivity contribution in [3.63, 3.8) is 0 Å². The molecule has 0 unspecified atom stereocenters. The van der Waals surface area contributed by atoms with E-state index in [0.29, 0.717) is 34.2 Å². The van der Waals surface area contributed by atoms with Gasteiger partial charge in [-0.15, -0.1) is 0 Å². The van der Waals surface area contributed by atoms with Gasteiger partial charge in [-0.25, -0.2) is 4.79 Å². The quantitative estimate of drug-likeness (QED) is 0.679. The monoisotopic (exact) mass is 456 g/mol. The number of phenolic OH excluding ortho intramolecular Hbond substituents is 1. The summed E-state index contributed by atoms with van der Waals surface area (Å²) < 4.78 is 0.671. The highest BCUT2D eigenvalue weighted by molar-refractivity contribution is 9.10. The predicted molar refractivity (Wildman–Crippen MR) is 107 cm³/mol. The first-order valence-corrected chi connectivity index (χ1v) is 9.91. The molecule has 2 fully saturated rings. The Labute approximate surface area is 171 Å². The van der Waals surface area contributed by atoms with E-state index >= 15 is 0 Å². The van der Waals surface area contributed by atoms with Gasteiger partial charge >= 0.3 is 6.03 Å². The van der Waals surface area contributed by atoms with Crippen LogP contribution in [0.4, 0.5) is 4.79 Å². The molecule has 0 atom stereocenters. The van der Waals surface area contributed by atoms with Crippen molar-refractivity contribution in [1.82, 2.24) is 20.0 Å². The SMILES string of the molecule is C=CC(=O)N1CC(N2CCN(C(=O)NCc3cc(Br)c(Cl)cc3O)CC2)C1. The Morgan fingerprint density at radius 2 is 1.93 bits per heavy atom. The molecule has 27 heavy (non-hydrogen) atoms. The molecule has 3 rings (SSSR count). The Morgan fingerprint density at radius 1 is 1.26 bits per heavy atom. The fourth-order valence-electron chi connectivity index (χ4n) is 3.29. The summed E-state index contributed by atoms with van der Waals surface area (Å²) >= 11 is 9.24. The van der Waals surface area contributed by atoms with Crippen LogP contribution >= 0.6 is 27.5 Å². The number of urea groups is 1. The Balaban J connectivity index is 1.43. The van der Waals surface area contributed by atoms with E-state index in [1.54, 1.807) is 15.9 Å². The fraction of sp³-hybridized carbons (Fsp3) is 0.444. The van der Waals surface area contributed by atoms with Crippen molar-refractivity contribution in [3.05, 3.63) is 39.8 Å². The van der Waals surface area contributed by atoms with E-state index in [0.717, 1.165) is 26.2 Å². The maximum atomic E-state index is 12.4. The Bertz CT molecular complexity index is 746. The summed E-state index contributed by atoms with van der Waals surface area (Å²) in [5, 5.41) is 13.2. The van der Waals surface area contributed by atoms with Gasteiger partial charge in [0.05, 0.1) is 5.02 Å². The normalized spacial score (nSPS) is 18.1. The van der Waals surface area contributed by atoms with Gasteiger partial charge in [0.2, 0.25) is 5.91 Å². The van der Waals surface area contributed by atoms with Crippen molar-refractivity contribution < 1.29 is 14.7 Å². The van der Waals surface area contributed by atoms with Gasteiger partial charge in [-0.2, -0.15) is 0 Å². The number of amides is 3. The van der Waals surface area contributed by atoms with Gasteiger partial charge in [0, 0.05) is 61.9 Å². The van der Waals surface area contributed by atoms with E-state index in [1.807, 2.05) is 0 Å². The molecule has 7 nitrogen and oxygen atoms in total. The lowest BCUT2D eigenvalue weighted by Gasteiger charge is -2.47. The van der Waals surface area contributed by atoms with Gasteiger partial charge in [0.25, 0.3) is 0 Å². The number of nitrogens with zero attached hydrogens (tertiary/aromatic N) is 3. The third-order valence-electron chi connectivity index (χ3n) is 5.02. The largest absolute Gasteiger partial charge is 0.508 e. The number of hydrogen-bond acceptors (Lipinski definition) is 4. The standard InChI is InChI=1S/C18H22BrClN4O3/c1-2-17(26)24-10-13(11-24)22-3-5-23(6-4-22)18(27)21-9-12-7-14(19)15(20)8-16(12)25/h2,7-8,13,25H,1,3-6,9-11H2,(H,21,27). The summed E-state index contributed by atoms with van der Waals surface area (Å²) in [6.45, 7) is 8.01. The molecule has 146 valence electrons. The second-order valence-corrected chi connectivity index (χ2v) is 7.94. The molecule has 0 spiro atoms. The van der Waals surface area contributed by atoms with Crippen molar-refractivity contribution in [2.75, 3.05) is 39.3 Å². The van der Waals surface area contributed by atoms with Crippen LogP contribution in [0.1, 0.15) is 5.56 Å². The molecule has 2 aliphatic heterocycles. The van der Waals surface area contributed by atoms with Crippen molar-refractivity contribution in [1.29, 1.82) is 0 Å². The molecule has 9 heteroatoms. The number of halogens is 2. The molecule has 2 heterocycles. The third-order valence-corrected chi connectivity index (χ3v) is 6.22. The molecule has 0 aromatic heterocycles. The minimum absolute atomic E-state index is 0.0265. The molecule has 3 amide bonds. The molecule has 1 aromatic rings. The molecule has 0 radical (unpaired) electrons. The molecule has 0 saturated carbocycles. The number of carbonyl (C=O) groups is 2. The van der Waals surface area contributed by atoms with Crippen LogP contribution in [0.5, 0.6) is 5.75 Å². The van der Waals surface area contributed by atoms with Gasteiger partial charge < -0.3 is 20.2 Å². The van der Waals surface area contributed by atoms with E-state index in [2.05, 4.69) is 32.7 Å². The first-order valence-electron chi connectivity index (χ1n) is 8.74. The van der Waals surface area contributed by atoms with Crippen LogP contribution in [0, 0.1) is 0 Å². The summed E-state index contributed by atoms with van der Waals surface area (Å²) in [6, 6.07) is 3.35. The van der Waals surface area contributed by atoms with E-state index in [9.17, 15) is 14.7 Å². The summed E-state index contributed by atoms with van der Waals surface area (Å²) in [6.07, 6.45) is 1.34. The van der Waals surface area contributed by atoms with Crippen LogP contribution in [-0.2, 0) is 11.3 Å². The predicted octanol–water partition coefficient (Wildman–Crippen LogP) is 2.03. The molecular formula is C18H22BrClN4O3. The zero-order valence-electron chi connectivity index (χ0n) is 14.8. The number of piperazine rings is 1. The van der Waals surface area contributed by atoms with Gasteiger partial charge in [-0.1, -0.05) is 18.2 Å². The Morgan fingerprint density at radius 3 is 2.56 bits per heavy atom. The Hall–Kier alpha value is -1.77. The van der Waals surface area contributed by atoms with Crippen LogP contribution < -0.4 is 5.32 Å². The molecule has 2 aliphatic rings. The molecule has 0 aliphatic carbocycles. The highest BCUT2D eigenvalue weighted by atomic mass is 79.9. The number of rotatable bonds is 4. The van der Waals surface area contributed by atoms with E-state index < -0.39 is 0 Å². The number of aromatic hydroxyl groups is 1. The van der Waals surface area contributed by atoms with Crippen molar-refractivity contribution in [2.24, 2.45) is 0 Å². The first-order chi connectivity index (χ1) is 12.9. The van der Waals surface area contributed by atoms with E-state index in [-0.39, 0.29) is 24.2 Å². The van der Waals surface area contributed by atoms with Crippen molar-refractivity contribution >= 4 is 39.5 Å². The second kappa shape index (κ2) is 8.50. The minimum atomic E-state index is -0.155. The van der Waals surface area contributed by atoms with Crippen LogP contribution in [0.3, 0.4) is 0 Å². The Kier molecular flexibility index (Phi) is 6.29. The van der Waals surface area contributed by atoms with Crippen molar-refractivity contribution in [2.45, 2.75) is 12.6 Å². The summed E-state index contributed by atoms with van der Waals surface area (Å²) in [7, 11) is 0. The lowest BCUT2D eigenvalue weighted by atomic mass is 10.1. The number of phenols is 1. The van der Waals surface area contributed by atoms with Gasteiger partial charge in [-0.3, -0.25) is 9.69 Å². The lowest BCUT2D eigenvalue weighted by Crippen LogP contribution is -2.64. The number of benzene rings is 1. The third kappa shape index (κ3) is 4.56. The van der Waals surface area contributed by atoms with E-state index in [1.165, 1.54) is 12.1 Å². The molecule has 2 saturated heterocycles. The van der Waals surface area contributed by atoms with Crippen LogP contribution in [-0.4, -0.2) is 77.1 Å². The molecule has 2 N–H and O–H groups in total. The molecular weight excluding hydrogens is 436 g/mol. The van der Waals surface area contributed by atoms with Crippen LogP contribution in [0.15, 0.2) is 29.3 Å². The lowest BCUT2D eigenvalue weighted by molar-refractivity contribution is -0.133. The topological polar surface area (TPSA) is 76.1 Å². The number of likely N-dealkylation sites (tertiary alicyclic amines) is 1. The summed E-state index contributed by atoms with van der Waals surface area (Å²) in [5.74, 6) is 0.0262.